The highest BCUT2D eigenvalue weighted by atomic mass is 35.5. The Labute approximate surface area is 115 Å². The summed E-state index contributed by atoms with van der Waals surface area (Å²) in [7, 11) is 0. The van der Waals surface area contributed by atoms with Gasteiger partial charge in [-0.25, -0.2) is 0 Å². The number of aryl methyl sites for hydroxylation is 2. The third-order valence-corrected chi connectivity index (χ3v) is 4.55. The Morgan fingerprint density at radius 2 is 2.18 bits per heavy atom. The van der Waals surface area contributed by atoms with Gasteiger partial charge in [-0.2, -0.15) is 0 Å². The van der Waals surface area contributed by atoms with Gasteiger partial charge in [-0.15, -0.1) is 23.7 Å². The second-order valence-corrected chi connectivity index (χ2v) is 6.25. The first-order valence-corrected chi connectivity index (χ1v) is 7.02. The van der Waals surface area contributed by atoms with Gasteiger partial charge in [-0.3, -0.25) is 4.90 Å². The zero-order valence-electron chi connectivity index (χ0n) is 10.7. The Morgan fingerprint density at radius 3 is 2.76 bits per heavy atom. The van der Waals surface area contributed by atoms with Gasteiger partial charge in [-0.1, -0.05) is 6.42 Å². The first-order valence-electron chi connectivity index (χ1n) is 6.20. The maximum atomic E-state index is 5.85. The van der Waals surface area contributed by atoms with Crippen molar-refractivity contribution >= 4 is 23.7 Å². The molecule has 17 heavy (non-hydrogen) atoms. The van der Waals surface area contributed by atoms with E-state index in [4.69, 9.17) is 5.73 Å². The Morgan fingerprint density at radius 1 is 1.41 bits per heavy atom. The van der Waals surface area contributed by atoms with Crippen LogP contribution in [0.4, 0.5) is 0 Å². The molecule has 1 atom stereocenters. The highest BCUT2D eigenvalue weighted by molar-refractivity contribution is 7.12. The summed E-state index contributed by atoms with van der Waals surface area (Å²) >= 11 is 1.91. The van der Waals surface area contributed by atoms with Crippen molar-refractivity contribution in [1.82, 2.24) is 4.90 Å². The second-order valence-electron chi connectivity index (χ2n) is 4.79. The summed E-state index contributed by atoms with van der Waals surface area (Å²) in [6.45, 7) is 7.54. The van der Waals surface area contributed by atoms with E-state index in [1.807, 2.05) is 11.3 Å². The lowest BCUT2D eigenvalue weighted by Gasteiger charge is -2.34. The van der Waals surface area contributed by atoms with Crippen molar-refractivity contribution in [2.45, 2.75) is 45.7 Å². The van der Waals surface area contributed by atoms with Crippen LogP contribution in [0.3, 0.4) is 0 Å². The molecule has 98 valence electrons. The molecule has 1 aromatic heterocycles. The highest BCUT2D eigenvalue weighted by Crippen LogP contribution is 2.25. The lowest BCUT2D eigenvalue weighted by Crippen LogP contribution is -2.43. The van der Waals surface area contributed by atoms with E-state index in [0.717, 1.165) is 13.1 Å². The van der Waals surface area contributed by atoms with Crippen LogP contribution in [0.5, 0.6) is 0 Å². The van der Waals surface area contributed by atoms with E-state index in [0.29, 0.717) is 6.04 Å². The molecule has 1 aliphatic rings. The minimum Gasteiger partial charge on any atom is -0.329 e. The largest absolute Gasteiger partial charge is 0.329 e. The van der Waals surface area contributed by atoms with Gasteiger partial charge >= 0.3 is 0 Å². The minimum atomic E-state index is 0. The molecule has 1 unspecified atom stereocenters. The van der Waals surface area contributed by atoms with Crippen LogP contribution in [0, 0.1) is 13.8 Å². The minimum absolute atomic E-state index is 0. The summed E-state index contributed by atoms with van der Waals surface area (Å²) < 4.78 is 0. The standard InChI is InChI=1S/C13H22N2S.ClH/c1-10-7-12(11(2)16-10)9-15-6-4-3-5-13(15)8-14;/h7,13H,3-6,8-9,14H2,1-2H3;1H. The number of thiophene rings is 1. The van der Waals surface area contributed by atoms with Crippen LogP contribution in [0.15, 0.2) is 6.07 Å². The zero-order valence-corrected chi connectivity index (χ0v) is 12.4. The molecule has 2 heterocycles. The second kappa shape index (κ2) is 6.74. The molecule has 1 aromatic rings. The van der Waals surface area contributed by atoms with Crippen molar-refractivity contribution in [3.63, 3.8) is 0 Å². The molecule has 1 fully saturated rings. The van der Waals surface area contributed by atoms with Crippen LogP contribution in [-0.4, -0.2) is 24.0 Å². The fraction of sp³-hybridized carbons (Fsp3) is 0.692. The number of hydrogen-bond donors (Lipinski definition) is 1. The molecule has 0 spiro atoms. The van der Waals surface area contributed by atoms with Crippen molar-refractivity contribution in [3.05, 3.63) is 21.4 Å². The van der Waals surface area contributed by atoms with Crippen LogP contribution in [0.1, 0.15) is 34.6 Å². The summed E-state index contributed by atoms with van der Waals surface area (Å²) in [5, 5.41) is 0. The zero-order chi connectivity index (χ0) is 11.5. The van der Waals surface area contributed by atoms with E-state index in [1.165, 1.54) is 41.1 Å². The number of nitrogens with zero attached hydrogens (tertiary/aromatic N) is 1. The van der Waals surface area contributed by atoms with Gasteiger partial charge in [0.1, 0.15) is 0 Å². The number of piperidine rings is 1. The molecule has 0 saturated carbocycles. The maximum Gasteiger partial charge on any atom is 0.0248 e. The number of hydrogen-bond acceptors (Lipinski definition) is 3. The van der Waals surface area contributed by atoms with Crippen molar-refractivity contribution in [2.24, 2.45) is 5.73 Å². The molecule has 1 aliphatic heterocycles. The summed E-state index contributed by atoms with van der Waals surface area (Å²) in [5.74, 6) is 0. The number of rotatable bonds is 3. The molecule has 0 aliphatic carbocycles. The van der Waals surface area contributed by atoms with E-state index >= 15 is 0 Å². The number of halogens is 1. The molecule has 2 rings (SSSR count). The highest BCUT2D eigenvalue weighted by Gasteiger charge is 2.21. The average molecular weight is 275 g/mol. The van der Waals surface area contributed by atoms with Gasteiger partial charge in [0.25, 0.3) is 0 Å². The fourth-order valence-electron chi connectivity index (χ4n) is 2.59. The molecule has 2 N–H and O–H groups in total. The monoisotopic (exact) mass is 274 g/mol. The fourth-order valence-corrected chi connectivity index (χ4v) is 3.53. The van der Waals surface area contributed by atoms with Gasteiger partial charge < -0.3 is 5.73 Å². The third kappa shape index (κ3) is 3.68. The third-order valence-electron chi connectivity index (χ3n) is 3.54. The van der Waals surface area contributed by atoms with Crippen LogP contribution >= 0.6 is 23.7 Å². The van der Waals surface area contributed by atoms with E-state index in [2.05, 4.69) is 24.8 Å². The van der Waals surface area contributed by atoms with E-state index in [9.17, 15) is 0 Å². The normalized spacial score (nSPS) is 21.2. The van der Waals surface area contributed by atoms with Crippen molar-refractivity contribution in [2.75, 3.05) is 13.1 Å². The Kier molecular flexibility index (Phi) is 5.93. The van der Waals surface area contributed by atoms with Gasteiger partial charge in [0.05, 0.1) is 0 Å². The molecule has 2 nitrogen and oxygen atoms in total. The molecule has 0 radical (unpaired) electrons. The lowest BCUT2D eigenvalue weighted by molar-refractivity contribution is 0.145. The lowest BCUT2D eigenvalue weighted by atomic mass is 10.0. The van der Waals surface area contributed by atoms with Gasteiger partial charge in [0.15, 0.2) is 0 Å². The predicted molar refractivity (Wildman–Crippen MR) is 78.1 cm³/mol. The molecule has 0 amide bonds. The molecule has 0 aromatic carbocycles. The quantitative estimate of drug-likeness (QED) is 0.918. The van der Waals surface area contributed by atoms with Crippen LogP contribution < -0.4 is 5.73 Å². The molecular weight excluding hydrogens is 252 g/mol. The SMILES string of the molecule is Cc1cc(CN2CCCCC2CN)c(C)s1.Cl. The summed E-state index contributed by atoms with van der Waals surface area (Å²) in [5.41, 5.74) is 7.35. The topological polar surface area (TPSA) is 29.3 Å². The predicted octanol–water partition coefficient (Wildman–Crippen LogP) is 3.10. The molecule has 1 saturated heterocycles. The maximum absolute atomic E-state index is 5.85. The van der Waals surface area contributed by atoms with Crippen molar-refractivity contribution < 1.29 is 0 Å². The summed E-state index contributed by atoms with van der Waals surface area (Å²) in [4.78, 5) is 5.46. The summed E-state index contributed by atoms with van der Waals surface area (Å²) in [6.07, 6.45) is 3.96. The number of likely N-dealkylation sites (tertiary alicyclic amines) is 1. The van der Waals surface area contributed by atoms with Gasteiger partial charge in [0, 0.05) is 28.9 Å². The van der Waals surface area contributed by atoms with E-state index < -0.39 is 0 Å². The van der Waals surface area contributed by atoms with E-state index in [1.54, 1.807) is 0 Å². The van der Waals surface area contributed by atoms with Crippen molar-refractivity contribution in [1.29, 1.82) is 0 Å². The van der Waals surface area contributed by atoms with E-state index in [-0.39, 0.29) is 12.4 Å². The van der Waals surface area contributed by atoms with Crippen LogP contribution in [0.25, 0.3) is 0 Å². The molecule has 0 bridgehead atoms. The smallest absolute Gasteiger partial charge is 0.0248 e. The first-order chi connectivity index (χ1) is 7.70. The van der Waals surface area contributed by atoms with Gasteiger partial charge in [-0.05, 0) is 44.9 Å². The number of nitrogens with two attached hydrogens (primary N) is 1. The Balaban J connectivity index is 0.00000144. The van der Waals surface area contributed by atoms with Crippen molar-refractivity contribution in [3.8, 4) is 0 Å². The first kappa shape index (κ1) is 15.0. The van der Waals surface area contributed by atoms with Crippen LogP contribution in [-0.2, 0) is 6.54 Å². The molecule has 4 heteroatoms. The average Bonchev–Trinajstić information content (AvgIpc) is 2.58. The Hall–Kier alpha value is -0.0900. The van der Waals surface area contributed by atoms with Gasteiger partial charge in [0.2, 0.25) is 0 Å². The summed E-state index contributed by atoms with van der Waals surface area (Å²) in [6, 6.07) is 2.94. The van der Waals surface area contributed by atoms with Crippen LogP contribution in [0.2, 0.25) is 0 Å². The molecular formula is C13H23ClN2S. The Bertz CT molecular complexity index is 351.